The Morgan fingerprint density at radius 1 is 0.484 bits per heavy atom. The first-order valence-electron chi connectivity index (χ1n) is 10.6. The molecule has 0 fully saturated rings. The van der Waals surface area contributed by atoms with Gasteiger partial charge in [-0.15, -0.1) is 0 Å². The van der Waals surface area contributed by atoms with Gasteiger partial charge in [0.15, 0.2) is 0 Å². The first-order chi connectivity index (χ1) is 15.4. The second-order valence-electron chi connectivity index (χ2n) is 7.98. The predicted molar refractivity (Wildman–Crippen MR) is 134 cm³/mol. The van der Waals surface area contributed by atoms with E-state index in [1.165, 1.54) is 43.5 Å². The molecule has 0 bridgehead atoms. The molecule has 31 heavy (non-hydrogen) atoms. The van der Waals surface area contributed by atoms with E-state index in [-0.39, 0.29) is 0 Å². The molecule has 2 nitrogen and oxygen atoms in total. The zero-order valence-electron chi connectivity index (χ0n) is 17.1. The summed E-state index contributed by atoms with van der Waals surface area (Å²) in [5, 5.41) is 5.50. The predicted octanol–water partition coefficient (Wildman–Crippen LogP) is 4.17. The lowest BCUT2D eigenvalue weighted by Crippen LogP contribution is -2.41. The van der Waals surface area contributed by atoms with Crippen molar-refractivity contribution >= 4 is 40.9 Å². The Bertz CT molecular complexity index is 1220. The second-order valence-corrected chi connectivity index (χ2v) is 11.3. The Kier molecular flexibility index (Phi) is 4.40. The monoisotopic (exact) mass is 417 g/mol. The van der Waals surface area contributed by atoms with Crippen LogP contribution in [0.2, 0.25) is 0 Å². The van der Waals surface area contributed by atoms with Crippen LogP contribution in [0, 0.1) is 0 Å². The standard InChI is InChI=1S/C28H22N2P/c1-3-11-23(12-4-1)31(24-13-5-2-6-14-24,27-15-7-9-21-17-29-19-25(21)27)28-16-8-10-22-18-30-20-26(22)28/h1-16,19-20H,17-18H2/q+1. The molecule has 0 aromatic heterocycles. The molecule has 0 saturated heterocycles. The molecule has 0 atom stereocenters. The molecule has 148 valence electrons. The lowest BCUT2D eigenvalue weighted by Gasteiger charge is -2.30. The van der Waals surface area contributed by atoms with E-state index in [4.69, 9.17) is 0 Å². The number of hydrogen-bond donors (Lipinski definition) is 0. The molecule has 0 spiro atoms. The van der Waals surface area contributed by atoms with Gasteiger partial charge in [0.1, 0.15) is 28.5 Å². The number of fused-ring (bicyclic) bond motifs is 2. The lowest BCUT2D eigenvalue weighted by molar-refractivity contribution is 1.11. The van der Waals surface area contributed by atoms with Crippen LogP contribution >= 0.6 is 7.26 Å². The van der Waals surface area contributed by atoms with Crippen molar-refractivity contribution in [1.82, 2.24) is 0 Å². The van der Waals surface area contributed by atoms with E-state index in [0.29, 0.717) is 0 Å². The van der Waals surface area contributed by atoms with Crippen LogP contribution in [0.3, 0.4) is 0 Å². The number of benzene rings is 4. The fraction of sp³-hybridized carbons (Fsp3) is 0.0714. The van der Waals surface area contributed by atoms with Crippen LogP contribution < -0.4 is 21.2 Å². The Hall–Kier alpha value is -3.35. The average molecular weight is 417 g/mol. The zero-order valence-corrected chi connectivity index (χ0v) is 18.0. The Labute approximate surface area is 183 Å². The largest absolute Gasteiger partial charge is 0.288 e. The van der Waals surface area contributed by atoms with Crippen molar-refractivity contribution in [1.29, 1.82) is 0 Å². The third-order valence-corrected chi connectivity index (χ3v) is 10.7. The maximum atomic E-state index is 4.65. The van der Waals surface area contributed by atoms with E-state index >= 15 is 0 Å². The second kappa shape index (κ2) is 7.41. The molecule has 2 heterocycles. The van der Waals surface area contributed by atoms with E-state index in [9.17, 15) is 0 Å². The molecule has 0 unspecified atom stereocenters. The minimum absolute atomic E-state index is 0.765. The van der Waals surface area contributed by atoms with Crippen molar-refractivity contribution in [2.24, 2.45) is 9.98 Å². The van der Waals surface area contributed by atoms with Gasteiger partial charge in [-0.25, -0.2) is 0 Å². The summed E-state index contributed by atoms with van der Waals surface area (Å²) in [6, 6.07) is 35.6. The number of nitrogens with zero attached hydrogens (tertiary/aromatic N) is 2. The summed E-state index contributed by atoms with van der Waals surface area (Å²) in [5.74, 6) is 0. The van der Waals surface area contributed by atoms with Crippen molar-refractivity contribution in [2.45, 2.75) is 13.1 Å². The summed E-state index contributed by atoms with van der Waals surface area (Å²) in [4.78, 5) is 9.29. The Morgan fingerprint density at radius 2 is 0.935 bits per heavy atom. The van der Waals surface area contributed by atoms with Gasteiger partial charge in [0.2, 0.25) is 0 Å². The molecule has 6 rings (SSSR count). The van der Waals surface area contributed by atoms with Crippen LogP contribution in [0.4, 0.5) is 0 Å². The molecule has 0 saturated carbocycles. The van der Waals surface area contributed by atoms with Gasteiger partial charge >= 0.3 is 0 Å². The molecule has 4 aromatic carbocycles. The van der Waals surface area contributed by atoms with Crippen LogP contribution in [0.5, 0.6) is 0 Å². The van der Waals surface area contributed by atoms with Gasteiger partial charge in [-0.1, -0.05) is 60.7 Å². The quantitative estimate of drug-likeness (QED) is 0.446. The van der Waals surface area contributed by atoms with E-state index in [2.05, 4.69) is 119 Å². The highest BCUT2D eigenvalue weighted by atomic mass is 31.2. The molecule has 2 aliphatic rings. The lowest BCUT2D eigenvalue weighted by atomic mass is 10.1. The fourth-order valence-electron chi connectivity index (χ4n) is 4.97. The number of rotatable bonds is 4. The van der Waals surface area contributed by atoms with E-state index in [1.54, 1.807) is 0 Å². The normalized spacial score (nSPS) is 13.9. The SMILES string of the molecule is C1=NCc2cccc([P+](c3ccccc3)(c3ccccc3)c3cccc4c3C=NC4)c21. The molecular weight excluding hydrogens is 395 g/mol. The van der Waals surface area contributed by atoms with Crippen LogP contribution in [-0.2, 0) is 13.1 Å². The topological polar surface area (TPSA) is 24.7 Å². The summed E-state index contributed by atoms with van der Waals surface area (Å²) in [6.45, 7) is 1.53. The van der Waals surface area contributed by atoms with Crippen molar-refractivity contribution < 1.29 is 0 Å². The van der Waals surface area contributed by atoms with Gasteiger partial charge in [0, 0.05) is 23.6 Å². The van der Waals surface area contributed by atoms with Crippen LogP contribution in [0.1, 0.15) is 22.3 Å². The van der Waals surface area contributed by atoms with Gasteiger partial charge in [0.05, 0.1) is 13.1 Å². The van der Waals surface area contributed by atoms with Gasteiger partial charge in [-0.3, -0.25) is 9.98 Å². The van der Waals surface area contributed by atoms with Crippen LogP contribution in [0.25, 0.3) is 0 Å². The maximum Gasteiger partial charge on any atom is 0.145 e. The highest BCUT2D eigenvalue weighted by molar-refractivity contribution is 8.01. The maximum absolute atomic E-state index is 4.65. The van der Waals surface area contributed by atoms with Crippen LogP contribution in [0.15, 0.2) is 107 Å². The minimum atomic E-state index is -2.17. The Morgan fingerprint density at radius 3 is 1.39 bits per heavy atom. The van der Waals surface area contributed by atoms with Gasteiger partial charge in [0.25, 0.3) is 0 Å². The van der Waals surface area contributed by atoms with Crippen molar-refractivity contribution in [3.05, 3.63) is 119 Å². The molecule has 3 heteroatoms. The molecule has 0 radical (unpaired) electrons. The third-order valence-electron chi connectivity index (χ3n) is 6.32. The van der Waals surface area contributed by atoms with E-state index in [0.717, 1.165) is 13.1 Å². The summed E-state index contributed by atoms with van der Waals surface area (Å²) >= 11 is 0. The summed E-state index contributed by atoms with van der Waals surface area (Å²) in [5.41, 5.74) is 5.21. The Balaban J connectivity index is 1.81. The highest BCUT2D eigenvalue weighted by Gasteiger charge is 2.51. The zero-order chi connectivity index (χ0) is 20.7. The first kappa shape index (κ1) is 18.4. The van der Waals surface area contributed by atoms with Gasteiger partial charge in [-0.05, 0) is 47.5 Å². The molecule has 0 aliphatic carbocycles. The molecular formula is C28H22N2P+. The summed E-state index contributed by atoms with van der Waals surface area (Å²) in [6.07, 6.45) is 4.17. The average Bonchev–Trinajstić information content (AvgIpc) is 3.51. The van der Waals surface area contributed by atoms with E-state index in [1.807, 2.05) is 0 Å². The third kappa shape index (κ3) is 2.76. The minimum Gasteiger partial charge on any atom is -0.288 e. The molecule has 4 aromatic rings. The van der Waals surface area contributed by atoms with Crippen molar-refractivity contribution in [3.8, 4) is 0 Å². The number of aliphatic imine (C=N–C) groups is 2. The van der Waals surface area contributed by atoms with Gasteiger partial charge in [-0.2, -0.15) is 0 Å². The van der Waals surface area contributed by atoms with Gasteiger partial charge < -0.3 is 0 Å². The first-order valence-corrected chi connectivity index (χ1v) is 12.4. The summed E-state index contributed by atoms with van der Waals surface area (Å²) in [7, 11) is -2.17. The van der Waals surface area contributed by atoms with Crippen molar-refractivity contribution in [3.63, 3.8) is 0 Å². The highest BCUT2D eigenvalue weighted by Crippen LogP contribution is 2.56. The van der Waals surface area contributed by atoms with Crippen LogP contribution in [-0.4, -0.2) is 12.4 Å². The molecule has 0 amide bonds. The molecule has 2 aliphatic heterocycles. The smallest absolute Gasteiger partial charge is 0.145 e. The van der Waals surface area contributed by atoms with Crippen molar-refractivity contribution in [2.75, 3.05) is 0 Å². The number of hydrogen-bond acceptors (Lipinski definition) is 2. The summed E-state index contributed by atoms with van der Waals surface area (Å²) < 4.78 is 0. The molecule has 0 N–H and O–H groups in total. The van der Waals surface area contributed by atoms with E-state index < -0.39 is 7.26 Å². The fourth-order valence-corrected chi connectivity index (χ4v) is 9.62.